The standard InChI is InChI=1S/C7H16N2/c1-7(2)5(4-8)3-6(7)9/h5-6H,3-4,8-9H2,1-2H3. The van der Waals surface area contributed by atoms with E-state index in [2.05, 4.69) is 13.8 Å². The van der Waals surface area contributed by atoms with Crippen molar-refractivity contribution < 1.29 is 0 Å². The Labute approximate surface area is 56.6 Å². The Bertz CT molecular complexity index is 109. The molecular formula is C7H16N2. The Kier molecular flexibility index (Phi) is 1.53. The average molecular weight is 128 g/mol. The first kappa shape index (κ1) is 7.03. The normalized spacial score (nSPS) is 40.0. The minimum Gasteiger partial charge on any atom is -0.330 e. The molecule has 0 bridgehead atoms. The van der Waals surface area contributed by atoms with Crippen molar-refractivity contribution in [1.29, 1.82) is 0 Å². The lowest BCUT2D eigenvalue weighted by Gasteiger charge is -2.50. The molecule has 1 rings (SSSR count). The van der Waals surface area contributed by atoms with Gasteiger partial charge >= 0.3 is 0 Å². The van der Waals surface area contributed by atoms with Gasteiger partial charge in [-0.05, 0) is 24.3 Å². The smallest absolute Gasteiger partial charge is 0.00967 e. The summed E-state index contributed by atoms with van der Waals surface area (Å²) in [5.41, 5.74) is 11.6. The van der Waals surface area contributed by atoms with E-state index in [-0.39, 0.29) is 0 Å². The first-order valence-corrected chi connectivity index (χ1v) is 3.54. The summed E-state index contributed by atoms with van der Waals surface area (Å²) in [4.78, 5) is 0. The van der Waals surface area contributed by atoms with Crippen molar-refractivity contribution in [1.82, 2.24) is 0 Å². The van der Waals surface area contributed by atoms with Crippen LogP contribution in [0.4, 0.5) is 0 Å². The summed E-state index contributed by atoms with van der Waals surface area (Å²) < 4.78 is 0. The molecule has 0 aromatic rings. The molecule has 1 saturated carbocycles. The molecule has 0 radical (unpaired) electrons. The number of hydrogen-bond donors (Lipinski definition) is 2. The van der Waals surface area contributed by atoms with Crippen LogP contribution in [-0.4, -0.2) is 12.6 Å². The Morgan fingerprint density at radius 3 is 2.22 bits per heavy atom. The Balaban J connectivity index is 2.48. The molecule has 0 aromatic heterocycles. The maximum atomic E-state index is 5.77. The lowest BCUT2D eigenvalue weighted by Crippen LogP contribution is -2.56. The fraction of sp³-hybridized carbons (Fsp3) is 1.00. The van der Waals surface area contributed by atoms with Crippen molar-refractivity contribution in [3.8, 4) is 0 Å². The van der Waals surface area contributed by atoms with Crippen molar-refractivity contribution in [2.24, 2.45) is 22.8 Å². The summed E-state index contributed by atoms with van der Waals surface area (Å²) in [6.45, 7) is 5.18. The molecule has 0 amide bonds. The summed E-state index contributed by atoms with van der Waals surface area (Å²) in [7, 11) is 0. The van der Waals surface area contributed by atoms with Crippen LogP contribution in [0.3, 0.4) is 0 Å². The predicted octanol–water partition coefficient (Wildman–Crippen LogP) is 0.318. The second-order valence-corrected chi connectivity index (χ2v) is 3.60. The van der Waals surface area contributed by atoms with Crippen LogP contribution in [0.15, 0.2) is 0 Å². The highest BCUT2D eigenvalue weighted by atomic mass is 14.8. The van der Waals surface area contributed by atoms with Crippen LogP contribution >= 0.6 is 0 Å². The van der Waals surface area contributed by atoms with Gasteiger partial charge in [-0.15, -0.1) is 0 Å². The largest absolute Gasteiger partial charge is 0.330 e. The molecule has 0 heterocycles. The quantitative estimate of drug-likeness (QED) is 0.534. The maximum absolute atomic E-state index is 5.77. The molecule has 2 atom stereocenters. The van der Waals surface area contributed by atoms with Gasteiger partial charge in [0.2, 0.25) is 0 Å². The zero-order valence-electron chi connectivity index (χ0n) is 6.22. The molecule has 0 spiro atoms. The Morgan fingerprint density at radius 2 is 2.11 bits per heavy atom. The molecule has 1 aliphatic rings. The second-order valence-electron chi connectivity index (χ2n) is 3.60. The summed E-state index contributed by atoms with van der Waals surface area (Å²) in [5.74, 6) is 0.660. The number of hydrogen-bond acceptors (Lipinski definition) is 2. The topological polar surface area (TPSA) is 52.0 Å². The van der Waals surface area contributed by atoms with Gasteiger partial charge in [-0.2, -0.15) is 0 Å². The molecule has 9 heavy (non-hydrogen) atoms. The predicted molar refractivity (Wildman–Crippen MR) is 38.9 cm³/mol. The van der Waals surface area contributed by atoms with Crippen molar-refractivity contribution in [3.63, 3.8) is 0 Å². The molecule has 0 saturated heterocycles. The van der Waals surface area contributed by atoms with Crippen molar-refractivity contribution in [2.75, 3.05) is 6.54 Å². The van der Waals surface area contributed by atoms with Gasteiger partial charge in [0.05, 0.1) is 0 Å². The third-order valence-electron chi connectivity index (χ3n) is 2.83. The molecule has 4 N–H and O–H groups in total. The van der Waals surface area contributed by atoms with Gasteiger partial charge < -0.3 is 11.5 Å². The third kappa shape index (κ3) is 0.864. The van der Waals surface area contributed by atoms with Crippen LogP contribution in [0.2, 0.25) is 0 Å². The zero-order chi connectivity index (χ0) is 7.07. The molecule has 2 heteroatoms. The van der Waals surface area contributed by atoms with Crippen LogP contribution in [0.25, 0.3) is 0 Å². The van der Waals surface area contributed by atoms with Gasteiger partial charge in [-0.1, -0.05) is 13.8 Å². The van der Waals surface area contributed by atoms with Gasteiger partial charge in [0.25, 0.3) is 0 Å². The Morgan fingerprint density at radius 1 is 1.56 bits per heavy atom. The Hall–Kier alpha value is -0.0800. The van der Waals surface area contributed by atoms with Gasteiger partial charge in [-0.25, -0.2) is 0 Å². The maximum Gasteiger partial charge on any atom is 0.00967 e. The fourth-order valence-electron chi connectivity index (χ4n) is 1.46. The molecule has 0 aromatic carbocycles. The second kappa shape index (κ2) is 1.96. The van der Waals surface area contributed by atoms with Crippen LogP contribution in [0, 0.1) is 11.3 Å². The van der Waals surface area contributed by atoms with E-state index >= 15 is 0 Å². The number of nitrogens with two attached hydrogens (primary N) is 2. The van der Waals surface area contributed by atoms with Gasteiger partial charge in [0.1, 0.15) is 0 Å². The van der Waals surface area contributed by atoms with Crippen LogP contribution < -0.4 is 11.5 Å². The SMILES string of the molecule is CC1(C)C(N)CC1CN. The molecule has 0 aliphatic heterocycles. The first-order valence-electron chi connectivity index (χ1n) is 3.54. The average Bonchev–Trinajstić information content (AvgIpc) is 1.82. The van der Waals surface area contributed by atoms with E-state index in [1.165, 1.54) is 0 Å². The van der Waals surface area contributed by atoms with E-state index in [0.29, 0.717) is 17.4 Å². The van der Waals surface area contributed by atoms with Gasteiger partial charge in [0.15, 0.2) is 0 Å². The summed E-state index contributed by atoms with van der Waals surface area (Å²) in [6, 6.07) is 0.381. The monoisotopic (exact) mass is 128 g/mol. The van der Waals surface area contributed by atoms with Crippen LogP contribution in [-0.2, 0) is 0 Å². The lowest BCUT2D eigenvalue weighted by atomic mass is 9.59. The van der Waals surface area contributed by atoms with E-state index in [0.717, 1.165) is 13.0 Å². The van der Waals surface area contributed by atoms with Crippen LogP contribution in [0.1, 0.15) is 20.3 Å². The summed E-state index contributed by atoms with van der Waals surface area (Å²) in [6.07, 6.45) is 1.11. The lowest BCUT2D eigenvalue weighted by molar-refractivity contribution is 0.0449. The minimum atomic E-state index is 0.300. The summed E-state index contributed by atoms with van der Waals surface area (Å²) in [5, 5.41) is 0. The highest BCUT2D eigenvalue weighted by Crippen LogP contribution is 2.43. The van der Waals surface area contributed by atoms with Crippen molar-refractivity contribution in [2.45, 2.75) is 26.3 Å². The van der Waals surface area contributed by atoms with E-state index in [9.17, 15) is 0 Å². The molecular weight excluding hydrogens is 112 g/mol. The number of rotatable bonds is 1. The van der Waals surface area contributed by atoms with E-state index in [4.69, 9.17) is 11.5 Å². The highest BCUT2D eigenvalue weighted by molar-refractivity contribution is 4.99. The van der Waals surface area contributed by atoms with E-state index < -0.39 is 0 Å². The molecule has 2 nitrogen and oxygen atoms in total. The minimum absolute atomic E-state index is 0.300. The molecule has 1 aliphatic carbocycles. The zero-order valence-corrected chi connectivity index (χ0v) is 6.22. The molecule has 2 unspecified atom stereocenters. The van der Waals surface area contributed by atoms with Crippen molar-refractivity contribution >= 4 is 0 Å². The molecule has 54 valence electrons. The fourth-order valence-corrected chi connectivity index (χ4v) is 1.46. The van der Waals surface area contributed by atoms with Crippen molar-refractivity contribution in [3.05, 3.63) is 0 Å². The molecule has 1 fully saturated rings. The highest BCUT2D eigenvalue weighted by Gasteiger charge is 2.44. The van der Waals surface area contributed by atoms with E-state index in [1.54, 1.807) is 0 Å². The van der Waals surface area contributed by atoms with Gasteiger partial charge in [-0.3, -0.25) is 0 Å². The first-order chi connectivity index (χ1) is 4.09. The van der Waals surface area contributed by atoms with Gasteiger partial charge in [0, 0.05) is 6.04 Å². The third-order valence-corrected chi connectivity index (χ3v) is 2.83. The van der Waals surface area contributed by atoms with Crippen LogP contribution in [0.5, 0.6) is 0 Å². The summed E-state index contributed by atoms with van der Waals surface area (Å²) >= 11 is 0. The van der Waals surface area contributed by atoms with E-state index in [1.807, 2.05) is 0 Å².